The lowest BCUT2D eigenvalue weighted by Gasteiger charge is -2.16. The first-order chi connectivity index (χ1) is 13.1. The van der Waals surface area contributed by atoms with Crippen molar-refractivity contribution in [1.29, 1.82) is 0 Å². The molecule has 0 fully saturated rings. The Labute approximate surface area is 159 Å². The zero-order chi connectivity index (χ0) is 19.1. The van der Waals surface area contributed by atoms with Gasteiger partial charge in [0.1, 0.15) is 0 Å². The van der Waals surface area contributed by atoms with Crippen molar-refractivity contribution < 1.29 is 9.59 Å². The fraction of sp³-hybridized carbons (Fsp3) is 0.130. The van der Waals surface area contributed by atoms with Crippen molar-refractivity contribution in [2.45, 2.75) is 19.4 Å². The average molecular weight is 358 g/mol. The molecule has 0 spiro atoms. The molecule has 0 aliphatic heterocycles. The molecule has 0 heterocycles. The number of amides is 2. The van der Waals surface area contributed by atoms with Crippen molar-refractivity contribution in [3.63, 3.8) is 0 Å². The Kier molecular flexibility index (Phi) is 6.00. The van der Waals surface area contributed by atoms with Gasteiger partial charge in [-0.2, -0.15) is 0 Å². The summed E-state index contributed by atoms with van der Waals surface area (Å²) in [6.07, 6.45) is 0.741. The second-order valence-corrected chi connectivity index (χ2v) is 6.43. The van der Waals surface area contributed by atoms with E-state index in [0.717, 1.165) is 12.0 Å². The summed E-state index contributed by atoms with van der Waals surface area (Å²) >= 11 is 0. The van der Waals surface area contributed by atoms with Gasteiger partial charge in [0.05, 0.1) is 11.3 Å². The molecule has 0 bridgehead atoms. The van der Waals surface area contributed by atoms with Crippen molar-refractivity contribution in [2.24, 2.45) is 0 Å². The van der Waals surface area contributed by atoms with Crippen molar-refractivity contribution in [3.8, 4) is 0 Å². The zero-order valence-electron chi connectivity index (χ0n) is 15.2. The Morgan fingerprint density at radius 1 is 0.778 bits per heavy atom. The van der Waals surface area contributed by atoms with Gasteiger partial charge >= 0.3 is 0 Å². The normalized spacial score (nSPS) is 11.4. The highest BCUT2D eigenvalue weighted by atomic mass is 16.2. The highest BCUT2D eigenvalue weighted by Gasteiger charge is 2.16. The van der Waals surface area contributed by atoms with Gasteiger partial charge in [-0.05, 0) is 43.2 Å². The van der Waals surface area contributed by atoms with Gasteiger partial charge in [-0.15, -0.1) is 0 Å². The van der Waals surface area contributed by atoms with Gasteiger partial charge in [0.15, 0.2) is 0 Å². The molecule has 136 valence electrons. The first-order valence-corrected chi connectivity index (χ1v) is 8.93. The molecule has 0 aliphatic rings. The first-order valence-electron chi connectivity index (χ1n) is 8.93. The monoisotopic (exact) mass is 358 g/mol. The number of nitrogens with one attached hydrogen (secondary N) is 2. The minimum Gasteiger partial charge on any atom is -0.349 e. The summed E-state index contributed by atoms with van der Waals surface area (Å²) in [6, 6.07) is 26.0. The van der Waals surface area contributed by atoms with E-state index in [4.69, 9.17) is 0 Å². The number of anilines is 1. The Balaban J connectivity index is 1.69. The van der Waals surface area contributed by atoms with Crippen molar-refractivity contribution in [3.05, 3.63) is 102 Å². The van der Waals surface area contributed by atoms with Crippen LogP contribution >= 0.6 is 0 Å². The van der Waals surface area contributed by atoms with Crippen LogP contribution in [0.5, 0.6) is 0 Å². The van der Waals surface area contributed by atoms with Gasteiger partial charge < -0.3 is 10.6 Å². The number of benzene rings is 3. The maximum atomic E-state index is 12.7. The Morgan fingerprint density at radius 3 is 2.07 bits per heavy atom. The second kappa shape index (κ2) is 8.81. The van der Waals surface area contributed by atoms with Crippen LogP contribution in [-0.4, -0.2) is 17.9 Å². The summed E-state index contributed by atoms with van der Waals surface area (Å²) < 4.78 is 0. The van der Waals surface area contributed by atoms with Crippen LogP contribution in [0.15, 0.2) is 84.9 Å². The molecule has 0 radical (unpaired) electrons. The molecular weight excluding hydrogens is 336 g/mol. The maximum absolute atomic E-state index is 12.7. The largest absolute Gasteiger partial charge is 0.349 e. The molecule has 0 saturated heterocycles. The lowest BCUT2D eigenvalue weighted by molar-refractivity contribution is 0.0941. The Hall–Kier alpha value is -3.40. The molecule has 2 amide bonds. The van der Waals surface area contributed by atoms with Crippen LogP contribution in [0.4, 0.5) is 5.69 Å². The van der Waals surface area contributed by atoms with Crippen LogP contribution in [0.25, 0.3) is 0 Å². The van der Waals surface area contributed by atoms with E-state index in [9.17, 15) is 9.59 Å². The number of rotatable bonds is 6. The quantitative estimate of drug-likeness (QED) is 0.690. The van der Waals surface area contributed by atoms with Crippen molar-refractivity contribution in [1.82, 2.24) is 5.32 Å². The Morgan fingerprint density at radius 2 is 1.37 bits per heavy atom. The summed E-state index contributed by atoms with van der Waals surface area (Å²) in [6.45, 7) is 1.97. The average Bonchev–Trinajstić information content (AvgIpc) is 2.69. The molecule has 3 aromatic rings. The van der Waals surface area contributed by atoms with E-state index in [-0.39, 0.29) is 17.9 Å². The van der Waals surface area contributed by atoms with E-state index in [2.05, 4.69) is 10.6 Å². The highest BCUT2D eigenvalue weighted by molar-refractivity contribution is 6.09. The summed E-state index contributed by atoms with van der Waals surface area (Å²) in [5.41, 5.74) is 2.65. The second-order valence-electron chi connectivity index (χ2n) is 6.43. The smallest absolute Gasteiger partial charge is 0.255 e. The number of carbonyl (C=O) groups is 2. The van der Waals surface area contributed by atoms with E-state index in [1.807, 2.05) is 43.3 Å². The minimum atomic E-state index is -0.242. The minimum absolute atomic E-state index is 0.0298. The molecule has 0 saturated carbocycles. The van der Waals surface area contributed by atoms with Crippen LogP contribution in [0.2, 0.25) is 0 Å². The summed E-state index contributed by atoms with van der Waals surface area (Å²) in [5.74, 6) is -0.449. The standard InChI is InChI=1S/C23H22N2O2/c1-17(16-18-10-4-2-5-11-18)24-23(27)20-14-8-9-15-21(20)25-22(26)19-12-6-3-7-13-19/h2-15,17H,16H2,1H3,(H,24,27)(H,25,26). The van der Waals surface area contributed by atoms with Gasteiger partial charge in [-0.1, -0.05) is 60.7 Å². The molecule has 4 heteroatoms. The zero-order valence-corrected chi connectivity index (χ0v) is 15.2. The molecule has 3 aromatic carbocycles. The van der Waals surface area contributed by atoms with E-state index >= 15 is 0 Å². The van der Waals surface area contributed by atoms with Gasteiger partial charge in [0.2, 0.25) is 0 Å². The lowest BCUT2D eigenvalue weighted by Crippen LogP contribution is -2.34. The molecule has 0 aliphatic carbocycles. The van der Waals surface area contributed by atoms with E-state index in [1.54, 1.807) is 48.5 Å². The molecule has 4 nitrogen and oxygen atoms in total. The fourth-order valence-corrected chi connectivity index (χ4v) is 2.89. The van der Waals surface area contributed by atoms with Gasteiger partial charge in [-0.25, -0.2) is 0 Å². The summed E-state index contributed by atoms with van der Waals surface area (Å²) in [5, 5.41) is 5.84. The summed E-state index contributed by atoms with van der Waals surface area (Å²) in [7, 11) is 0. The number of hydrogen-bond acceptors (Lipinski definition) is 2. The predicted molar refractivity (Wildman–Crippen MR) is 108 cm³/mol. The van der Waals surface area contributed by atoms with Crippen LogP contribution in [0.3, 0.4) is 0 Å². The third-order valence-electron chi connectivity index (χ3n) is 4.22. The fourth-order valence-electron chi connectivity index (χ4n) is 2.89. The van der Waals surface area contributed by atoms with E-state index < -0.39 is 0 Å². The predicted octanol–water partition coefficient (Wildman–Crippen LogP) is 4.30. The highest BCUT2D eigenvalue weighted by Crippen LogP contribution is 2.17. The molecular formula is C23H22N2O2. The molecule has 27 heavy (non-hydrogen) atoms. The SMILES string of the molecule is CC(Cc1ccccc1)NC(=O)c1ccccc1NC(=O)c1ccccc1. The van der Waals surface area contributed by atoms with Crippen LogP contribution < -0.4 is 10.6 Å². The number of para-hydroxylation sites is 1. The van der Waals surface area contributed by atoms with E-state index in [1.165, 1.54) is 0 Å². The molecule has 1 unspecified atom stereocenters. The van der Waals surface area contributed by atoms with Crippen molar-refractivity contribution in [2.75, 3.05) is 5.32 Å². The van der Waals surface area contributed by atoms with Gasteiger partial charge in [-0.3, -0.25) is 9.59 Å². The van der Waals surface area contributed by atoms with E-state index in [0.29, 0.717) is 16.8 Å². The maximum Gasteiger partial charge on any atom is 0.255 e. The molecule has 3 rings (SSSR count). The molecule has 2 N–H and O–H groups in total. The number of carbonyl (C=O) groups excluding carboxylic acids is 2. The first kappa shape index (κ1) is 18.4. The molecule has 0 aromatic heterocycles. The van der Waals surface area contributed by atoms with Crippen LogP contribution in [0, 0.1) is 0 Å². The van der Waals surface area contributed by atoms with Gasteiger partial charge in [0.25, 0.3) is 11.8 Å². The van der Waals surface area contributed by atoms with Crippen molar-refractivity contribution >= 4 is 17.5 Å². The Bertz CT molecular complexity index is 908. The number of hydrogen-bond donors (Lipinski definition) is 2. The lowest BCUT2D eigenvalue weighted by atomic mass is 10.1. The van der Waals surface area contributed by atoms with Crippen LogP contribution in [-0.2, 0) is 6.42 Å². The summed E-state index contributed by atoms with van der Waals surface area (Å²) in [4.78, 5) is 25.1. The third kappa shape index (κ3) is 5.05. The topological polar surface area (TPSA) is 58.2 Å². The molecule has 1 atom stereocenters. The van der Waals surface area contributed by atoms with Crippen LogP contribution in [0.1, 0.15) is 33.2 Å². The van der Waals surface area contributed by atoms with Gasteiger partial charge in [0, 0.05) is 11.6 Å². The third-order valence-corrected chi connectivity index (χ3v) is 4.22.